The summed E-state index contributed by atoms with van der Waals surface area (Å²) in [6.45, 7) is 0. The fraction of sp³-hybridized carbons (Fsp3) is 0. The topological polar surface area (TPSA) is 21.3 Å². The summed E-state index contributed by atoms with van der Waals surface area (Å²) < 4.78 is 8.90. The maximum absolute atomic E-state index is 6.51. The van der Waals surface area contributed by atoms with Crippen LogP contribution in [0.25, 0.3) is 93.2 Å². The molecule has 0 unspecified atom stereocenters. The van der Waals surface area contributed by atoms with Gasteiger partial charge in [-0.2, -0.15) is 0 Å². The van der Waals surface area contributed by atoms with Crippen LogP contribution in [-0.2, 0) is 0 Å². The van der Waals surface area contributed by atoms with E-state index in [-0.39, 0.29) is 0 Å². The van der Waals surface area contributed by atoms with Crippen molar-refractivity contribution in [2.45, 2.75) is 0 Å². The predicted octanol–water partition coefficient (Wildman–Crippen LogP) is 15.8. The molecule has 0 atom stereocenters. The van der Waals surface area contributed by atoms with Gasteiger partial charge in [0.15, 0.2) is 0 Å². The van der Waals surface area contributed by atoms with E-state index >= 15 is 0 Å². The number of rotatable bonds is 6. The maximum Gasteiger partial charge on any atom is 0.143 e. The Morgan fingerprint density at radius 3 is 1.71 bits per heavy atom. The molecule has 2 aromatic heterocycles. The van der Waals surface area contributed by atoms with E-state index in [2.05, 4.69) is 222 Å². The molecule has 12 rings (SSSR count). The summed E-state index contributed by atoms with van der Waals surface area (Å²) in [6, 6.07) is 78.7. The number of anilines is 3. The van der Waals surface area contributed by atoms with E-state index < -0.39 is 0 Å². The van der Waals surface area contributed by atoms with E-state index in [1.807, 2.05) is 6.07 Å². The smallest absolute Gasteiger partial charge is 0.143 e. The van der Waals surface area contributed by atoms with E-state index in [9.17, 15) is 0 Å². The summed E-state index contributed by atoms with van der Waals surface area (Å²) in [5.74, 6) is 0. The Morgan fingerprint density at radius 2 is 0.915 bits per heavy atom. The van der Waals surface area contributed by atoms with Crippen LogP contribution < -0.4 is 4.90 Å². The van der Waals surface area contributed by atoms with Crippen molar-refractivity contribution in [1.82, 2.24) is 4.57 Å². The minimum atomic E-state index is 0.915. The Bertz CT molecular complexity index is 3530. The molecular formula is C56H36N2O. The minimum Gasteiger partial charge on any atom is -0.455 e. The first-order chi connectivity index (χ1) is 29.2. The molecule has 2 heterocycles. The van der Waals surface area contributed by atoms with Crippen molar-refractivity contribution in [3.8, 4) is 27.9 Å². The van der Waals surface area contributed by atoms with Crippen LogP contribution in [-0.4, -0.2) is 4.57 Å². The molecule has 0 fully saturated rings. The Labute approximate surface area is 341 Å². The Kier molecular flexibility index (Phi) is 7.54. The standard InChI is InChI=1S/C56H36N2O/c1-3-13-44(14-4-1)57(47-30-25-37-11-7-8-12-41(37)33-47)46-28-23-39(24-29-46)38-19-21-40(22-20-38)42-27-32-53-51(34-42)52-35-43-26-31-49-48-17-9-10-18-55(48)59-56(49)50(43)36-54(52)58(53)45-15-5-2-6-16-45/h1-36H. The van der Waals surface area contributed by atoms with Crippen molar-refractivity contribution >= 4 is 82.4 Å². The lowest BCUT2D eigenvalue weighted by atomic mass is 9.98. The monoisotopic (exact) mass is 752 g/mol. The Balaban J connectivity index is 0.919. The van der Waals surface area contributed by atoms with Crippen LogP contribution >= 0.6 is 0 Å². The van der Waals surface area contributed by atoms with Gasteiger partial charge in [-0.25, -0.2) is 0 Å². The molecule has 0 aliphatic rings. The molecule has 0 amide bonds. The third kappa shape index (κ3) is 5.51. The Morgan fingerprint density at radius 1 is 0.322 bits per heavy atom. The van der Waals surface area contributed by atoms with Gasteiger partial charge < -0.3 is 13.9 Å². The molecule has 0 aliphatic carbocycles. The van der Waals surface area contributed by atoms with Crippen LogP contribution in [0.4, 0.5) is 17.1 Å². The number of nitrogens with zero attached hydrogens (tertiary/aromatic N) is 2. The zero-order valence-corrected chi connectivity index (χ0v) is 32.1. The second-order valence-electron chi connectivity index (χ2n) is 15.4. The second-order valence-corrected chi connectivity index (χ2v) is 15.4. The number of para-hydroxylation sites is 3. The van der Waals surface area contributed by atoms with Gasteiger partial charge in [0.2, 0.25) is 0 Å². The molecule has 0 saturated carbocycles. The van der Waals surface area contributed by atoms with Gasteiger partial charge in [0, 0.05) is 49.7 Å². The van der Waals surface area contributed by atoms with Crippen molar-refractivity contribution < 1.29 is 4.42 Å². The van der Waals surface area contributed by atoms with Crippen molar-refractivity contribution in [1.29, 1.82) is 0 Å². The van der Waals surface area contributed by atoms with E-state index in [1.165, 1.54) is 54.7 Å². The highest BCUT2D eigenvalue weighted by atomic mass is 16.3. The SMILES string of the molecule is c1ccc(N(c2ccc(-c3ccc(-c4ccc5c(c4)c4cc6ccc7c8ccccc8oc7c6cc4n5-c4ccccc4)cc3)cc2)c2ccc3ccccc3c2)cc1. The summed E-state index contributed by atoms with van der Waals surface area (Å²) in [7, 11) is 0. The van der Waals surface area contributed by atoms with Crippen molar-refractivity contribution in [3.63, 3.8) is 0 Å². The largest absolute Gasteiger partial charge is 0.455 e. The van der Waals surface area contributed by atoms with Gasteiger partial charge in [-0.1, -0.05) is 133 Å². The first kappa shape index (κ1) is 33.3. The molecule has 276 valence electrons. The van der Waals surface area contributed by atoms with Crippen LogP contribution in [0, 0.1) is 0 Å². The lowest BCUT2D eigenvalue weighted by molar-refractivity contribution is 0.672. The third-order valence-corrected chi connectivity index (χ3v) is 11.9. The normalized spacial score (nSPS) is 11.7. The highest BCUT2D eigenvalue weighted by Gasteiger charge is 2.18. The summed E-state index contributed by atoms with van der Waals surface area (Å²) in [6.07, 6.45) is 0. The molecule has 59 heavy (non-hydrogen) atoms. The first-order valence-electron chi connectivity index (χ1n) is 20.2. The van der Waals surface area contributed by atoms with Gasteiger partial charge >= 0.3 is 0 Å². The lowest BCUT2D eigenvalue weighted by Crippen LogP contribution is -2.09. The van der Waals surface area contributed by atoms with Gasteiger partial charge in [-0.15, -0.1) is 0 Å². The van der Waals surface area contributed by atoms with E-state index in [0.29, 0.717) is 0 Å². The summed E-state index contributed by atoms with van der Waals surface area (Å²) in [4.78, 5) is 2.33. The van der Waals surface area contributed by atoms with Crippen molar-refractivity contribution in [2.75, 3.05) is 4.90 Å². The van der Waals surface area contributed by atoms with E-state index in [1.54, 1.807) is 0 Å². The predicted molar refractivity (Wildman–Crippen MR) is 249 cm³/mol. The Hall–Kier alpha value is -7.88. The number of benzene rings is 10. The van der Waals surface area contributed by atoms with Gasteiger partial charge in [-0.05, 0) is 123 Å². The van der Waals surface area contributed by atoms with Crippen LogP contribution in [0.3, 0.4) is 0 Å². The number of hydrogen-bond acceptors (Lipinski definition) is 2. The average molecular weight is 753 g/mol. The molecule has 0 saturated heterocycles. The van der Waals surface area contributed by atoms with Gasteiger partial charge in [0.05, 0.1) is 11.0 Å². The summed E-state index contributed by atoms with van der Waals surface area (Å²) in [5.41, 5.74) is 13.4. The molecule has 0 radical (unpaired) electrons. The van der Waals surface area contributed by atoms with Crippen LogP contribution in [0.2, 0.25) is 0 Å². The quantitative estimate of drug-likeness (QED) is 0.169. The zero-order chi connectivity index (χ0) is 38.9. The molecular weight excluding hydrogens is 717 g/mol. The fourth-order valence-corrected chi connectivity index (χ4v) is 9.05. The van der Waals surface area contributed by atoms with Gasteiger partial charge in [-0.3, -0.25) is 0 Å². The molecule has 3 heteroatoms. The second kappa shape index (κ2) is 13.4. The zero-order valence-electron chi connectivity index (χ0n) is 32.1. The van der Waals surface area contributed by atoms with Gasteiger partial charge in [0.25, 0.3) is 0 Å². The fourth-order valence-electron chi connectivity index (χ4n) is 9.05. The van der Waals surface area contributed by atoms with Crippen molar-refractivity contribution in [3.05, 3.63) is 218 Å². The lowest BCUT2D eigenvalue weighted by Gasteiger charge is -2.26. The summed E-state index contributed by atoms with van der Waals surface area (Å²) >= 11 is 0. The van der Waals surface area contributed by atoms with Crippen LogP contribution in [0.1, 0.15) is 0 Å². The summed E-state index contributed by atoms with van der Waals surface area (Å²) in [5, 5.41) is 9.49. The molecule has 10 aromatic carbocycles. The van der Waals surface area contributed by atoms with E-state index in [0.717, 1.165) is 55.6 Å². The average Bonchev–Trinajstić information content (AvgIpc) is 3.85. The van der Waals surface area contributed by atoms with Crippen LogP contribution in [0.5, 0.6) is 0 Å². The molecule has 0 N–H and O–H groups in total. The third-order valence-electron chi connectivity index (χ3n) is 11.9. The first-order valence-corrected chi connectivity index (χ1v) is 20.2. The van der Waals surface area contributed by atoms with Crippen LogP contribution in [0.15, 0.2) is 223 Å². The number of aromatic nitrogens is 1. The molecule has 12 aromatic rings. The molecule has 0 aliphatic heterocycles. The van der Waals surface area contributed by atoms with E-state index in [4.69, 9.17) is 4.42 Å². The number of furan rings is 1. The van der Waals surface area contributed by atoms with Gasteiger partial charge in [0.1, 0.15) is 11.2 Å². The number of fused-ring (bicyclic) bond motifs is 9. The highest BCUT2D eigenvalue weighted by molar-refractivity contribution is 6.20. The van der Waals surface area contributed by atoms with Crippen molar-refractivity contribution in [2.24, 2.45) is 0 Å². The highest BCUT2D eigenvalue weighted by Crippen LogP contribution is 2.41. The minimum absolute atomic E-state index is 0.915. The number of hydrogen-bond donors (Lipinski definition) is 0. The maximum atomic E-state index is 6.51. The molecule has 0 bridgehead atoms. The molecule has 0 spiro atoms. The molecule has 3 nitrogen and oxygen atoms in total.